The Hall–Kier alpha value is -1.10. The van der Waals surface area contributed by atoms with Gasteiger partial charge in [0.2, 0.25) is 0 Å². The molecule has 1 unspecified atom stereocenters. The third-order valence-electron chi connectivity index (χ3n) is 2.51. The predicted octanol–water partition coefficient (Wildman–Crippen LogP) is 1.65. The van der Waals surface area contributed by atoms with Crippen molar-refractivity contribution in [1.82, 2.24) is 0 Å². The molecule has 0 saturated carbocycles. The van der Waals surface area contributed by atoms with Crippen molar-refractivity contribution in [3.8, 4) is 5.75 Å². The lowest BCUT2D eigenvalue weighted by Gasteiger charge is -2.17. The predicted molar refractivity (Wildman–Crippen MR) is 69.7 cm³/mol. The van der Waals surface area contributed by atoms with Gasteiger partial charge in [-0.15, -0.1) is 0 Å². The summed E-state index contributed by atoms with van der Waals surface area (Å²) in [7, 11) is 0. The van der Waals surface area contributed by atoms with Gasteiger partial charge in [-0.25, -0.2) is 0 Å². The summed E-state index contributed by atoms with van der Waals surface area (Å²) >= 11 is 0. The van der Waals surface area contributed by atoms with Crippen molar-refractivity contribution in [3.63, 3.8) is 0 Å². The summed E-state index contributed by atoms with van der Waals surface area (Å²) in [6, 6.07) is 5.58. The molecule has 1 aromatic rings. The van der Waals surface area contributed by atoms with Gasteiger partial charge in [-0.3, -0.25) is 0 Å². The van der Waals surface area contributed by atoms with Gasteiger partial charge in [-0.1, -0.05) is 18.2 Å². The number of aliphatic hydroxyl groups excluding tert-OH is 2. The van der Waals surface area contributed by atoms with Gasteiger partial charge in [0.25, 0.3) is 0 Å². The summed E-state index contributed by atoms with van der Waals surface area (Å²) in [5.74, 6) is 0.642. The second-order valence-electron chi connectivity index (χ2n) is 4.57. The summed E-state index contributed by atoms with van der Waals surface area (Å²) in [4.78, 5) is 0. The third kappa shape index (κ3) is 4.64. The molecule has 0 aliphatic carbocycles. The van der Waals surface area contributed by atoms with Crippen LogP contribution in [0.25, 0.3) is 0 Å². The lowest BCUT2D eigenvalue weighted by Crippen LogP contribution is -2.25. The first-order chi connectivity index (χ1) is 8.54. The summed E-state index contributed by atoms with van der Waals surface area (Å²) < 4.78 is 10.9. The maximum absolute atomic E-state index is 9.70. The van der Waals surface area contributed by atoms with Crippen molar-refractivity contribution in [2.75, 3.05) is 13.2 Å². The minimum atomic E-state index is -0.668. The fourth-order valence-electron chi connectivity index (χ4n) is 1.58. The molecule has 0 spiro atoms. The molecule has 0 amide bonds. The summed E-state index contributed by atoms with van der Waals surface area (Å²) in [5.41, 5.74) is 1.67. The molecule has 4 nitrogen and oxygen atoms in total. The van der Waals surface area contributed by atoms with Gasteiger partial charge >= 0.3 is 0 Å². The van der Waals surface area contributed by atoms with E-state index in [1.54, 1.807) is 6.07 Å². The van der Waals surface area contributed by atoms with Crippen molar-refractivity contribution >= 4 is 0 Å². The molecule has 0 aliphatic rings. The van der Waals surface area contributed by atoms with Crippen LogP contribution in [-0.2, 0) is 11.3 Å². The van der Waals surface area contributed by atoms with E-state index in [0.29, 0.717) is 5.75 Å². The monoisotopic (exact) mass is 254 g/mol. The van der Waals surface area contributed by atoms with Crippen LogP contribution in [0.5, 0.6) is 5.75 Å². The molecule has 0 fully saturated rings. The van der Waals surface area contributed by atoms with Gasteiger partial charge in [0.1, 0.15) is 18.5 Å². The number of aryl methyl sites for hydroxylation is 1. The Morgan fingerprint density at radius 1 is 1.22 bits per heavy atom. The average molecular weight is 254 g/mol. The molecule has 0 radical (unpaired) electrons. The number of aliphatic hydroxyl groups is 2. The van der Waals surface area contributed by atoms with Crippen LogP contribution in [0.1, 0.15) is 25.0 Å². The first-order valence-corrected chi connectivity index (χ1v) is 6.16. The number of hydrogen-bond acceptors (Lipinski definition) is 4. The van der Waals surface area contributed by atoms with Crippen LogP contribution >= 0.6 is 0 Å². The van der Waals surface area contributed by atoms with E-state index in [0.717, 1.165) is 11.1 Å². The molecule has 18 heavy (non-hydrogen) atoms. The Kier molecular flexibility index (Phi) is 6.12. The van der Waals surface area contributed by atoms with Crippen molar-refractivity contribution < 1.29 is 19.7 Å². The zero-order valence-corrected chi connectivity index (χ0v) is 11.2. The number of ether oxygens (including phenoxy) is 2. The lowest BCUT2D eigenvalue weighted by atomic mass is 10.1. The molecule has 0 bridgehead atoms. The summed E-state index contributed by atoms with van der Waals surface area (Å²) in [6.07, 6.45) is -0.579. The van der Waals surface area contributed by atoms with Crippen LogP contribution in [0.4, 0.5) is 0 Å². The standard InChI is InChI=1S/C14H22O4/c1-10(2)17-8-13(16)9-18-14-11(3)5-4-6-12(14)7-15/h4-6,10,13,15-16H,7-9H2,1-3H3. The fraction of sp³-hybridized carbons (Fsp3) is 0.571. The zero-order chi connectivity index (χ0) is 13.5. The van der Waals surface area contributed by atoms with Crippen molar-refractivity contribution in [3.05, 3.63) is 29.3 Å². The highest BCUT2D eigenvalue weighted by molar-refractivity contribution is 5.40. The molecular formula is C14H22O4. The zero-order valence-electron chi connectivity index (χ0n) is 11.2. The van der Waals surface area contributed by atoms with E-state index < -0.39 is 6.10 Å². The largest absolute Gasteiger partial charge is 0.490 e. The molecule has 1 rings (SSSR count). The van der Waals surface area contributed by atoms with Gasteiger partial charge in [0, 0.05) is 5.56 Å². The van der Waals surface area contributed by atoms with Crippen molar-refractivity contribution in [1.29, 1.82) is 0 Å². The number of para-hydroxylation sites is 1. The number of benzene rings is 1. The first-order valence-electron chi connectivity index (χ1n) is 6.16. The van der Waals surface area contributed by atoms with Crippen LogP contribution in [0.2, 0.25) is 0 Å². The second-order valence-corrected chi connectivity index (χ2v) is 4.57. The maximum Gasteiger partial charge on any atom is 0.127 e. The second kappa shape index (κ2) is 7.36. The van der Waals surface area contributed by atoms with Crippen molar-refractivity contribution in [2.24, 2.45) is 0 Å². The molecule has 102 valence electrons. The third-order valence-corrected chi connectivity index (χ3v) is 2.51. The van der Waals surface area contributed by atoms with Gasteiger partial charge in [0.15, 0.2) is 0 Å². The van der Waals surface area contributed by atoms with E-state index in [9.17, 15) is 10.2 Å². The number of rotatable bonds is 7. The molecule has 0 aromatic heterocycles. The van der Waals surface area contributed by atoms with Crippen LogP contribution < -0.4 is 4.74 Å². The minimum absolute atomic E-state index is 0.0738. The Labute approximate surface area is 108 Å². The van der Waals surface area contributed by atoms with E-state index >= 15 is 0 Å². The van der Waals surface area contributed by atoms with Crippen molar-refractivity contribution in [2.45, 2.75) is 39.6 Å². The summed E-state index contributed by atoms with van der Waals surface area (Å²) in [6.45, 7) is 6.07. The topological polar surface area (TPSA) is 58.9 Å². The molecule has 0 aliphatic heterocycles. The molecule has 0 saturated heterocycles. The highest BCUT2D eigenvalue weighted by atomic mass is 16.5. The quantitative estimate of drug-likeness (QED) is 0.777. The fourth-order valence-corrected chi connectivity index (χ4v) is 1.58. The Morgan fingerprint density at radius 2 is 1.94 bits per heavy atom. The molecule has 0 heterocycles. The highest BCUT2D eigenvalue weighted by Crippen LogP contribution is 2.23. The Bertz CT molecular complexity index is 363. The smallest absolute Gasteiger partial charge is 0.127 e. The van der Waals surface area contributed by atoms with Gasteiger partial charge in [0.05, 0.1) is 19.3 Å². The van der Waals surface area contributed by atoms with Gasteiger partial charge in [-0.05, 0) is 26.3 Å². The first kappa shape index (κ1) is 15.0. The minimum Gasteiger partial charge on any atom is -0.490 e. The highest BCUT2D eigenvalue weighted by Gasteiger charge is 2.10. The Morgan fingerprint density at radius 3 is 2.56 bits per heavy atom. The molecule has 2 N–H and O–H groups in total. The Balaban J connectivity index is 2.52. The van der Waals surface area contributed by atoms with Crippen LogP contribution in [-0.4, -0.2) is 35.6 Å². The average Bonchev–Trinajstić information content (AvgIpc) is 2.34. The van der Waals surface area contributed by atoms with E-state index in [1.807, 2.05) is 32.9 Å². The van der Waals surface area contributed by atoms with Crippen LogP contribution in [0, 0.1) is 6.92 Å². The van der Waals surface area contributed by atoms with E-state index in [2.05, 4.69) is 0 Å². The molecule has 4 heteroatoms. The van der Waals surface area contributed by atoms with E-state index in [4.69, 9.17) is 9.47 Å². The lowest BCUT2D eigenvalue weighted by molar-refractivity contribution is -0.0126. The van der Waals surface area contributed by atoms with E-state index in [-0.39, 0.29) is 25.9 Å². The van der Waals surface area contributed by atoms with E-state index in [1.165, 1.54) is 0 Å². The maximum atomic E-state index is 9.70. The number of hydrogen-bond donors (Lipinski definition) is 2. The van der Waals surface area contributed by atoms with Crippen LogP contribution in [0.3, 0.4) is 0 Å². The SMILES string of the molecule is Cc1cccc(CO)c1OCC(O)COC(C)C. The molecule has 1 atom stereocenters. The normalized spacial score (nSPS) is 12.8. The summed E-state index contributed by atoms with van der Waals surface area (Å²) in [5, 5.41) is 18.9. The molecule has 1 aromatic carbocycles. The van der Waals surface area contributed by atoms with Gasteiger partial charge in [-0.2, -0.15) is 0 Å². The van der Waals surface area contributed by atoms with Crippen LogP contribution in [0.15, 0.2) is 18.2 Å². The molecular weight excluding hydrogens is 232 g/mol. The van der Waals surface area contributed by atoms with Gasteiger partial charge < -0.3 is 19.7 Å².